The lowest BCUT2D eigenvalue weighted by molar-refractivity contribution is -0.145. The normalized spacial score (nSPS) is 10.9. The quantitative estimate of drug-likeness (QED) is 0.115. The number of esters is 1. The lowest BCUT2D eigenvalue weighted by Crippen LogP contribution is -2.46. The van der Waals surface area contributed by atoms with Gasteiger partial charge in [-0.1, -0.05) is 60.7 Å². The molecule has 0 radical (unpaired) electrons. The SMILES string of the molecule is CCO.CCOC(=O)[C@H](CN)NC(=O)OCc1ccccc1.NC[C@H](NC(=O)OCc1ccccc1)C(=O)O.O=S(Cl)Cl. The summed E-state index contributed by atoms with van der Waals surface area (Å²) in [5.74, 6) is -1.76. The summed E-state index contributed by atoms with van der Waals surface area (Å²) in [7, 11) is 7.36. The third-order valence-corrected chi connectivity index (χ3v) is 4.35. The molecule has 17 heteroatoms. The average molecular weight is 670 g/mol. The number of hydrogen-bond donors (Lipinski definition) is 6. The Hall–Kier alpha value is -3.47. The number of carbonyl (C=O) groups excluding carboxylic acids is 3. The van der Waals surface area contributed by atoms with Crippen molar-refractivity contribution in [3.63, 3.8) is 0 Å². The van der Waals surface area contributed by atoms with Crippen LogP contribution < -0.4 is 22.1 Å². The summed E-state index contributed by atoms with van der Waals surface area (Å²) in [5.41, 5.74) is 12.2. The largest absolute Gasteiger partial charge is 0.480 e. The van der Waals surface area contributed by atoms with Gasteiger partial charge in [0.25, 0.3) is 0 Å². The summed E-state index contributed by atoms with van der Waals surface area (Å²) in [6.45, 7) is 3.83. The molecule has 0 spiro atoms. The van der Waals surface area contributed by atoms with Crippen LogP contribution >= 0.6 is 21.4 Å². The number of carboxylic acid groups (broad SMARTS) is 1. The van der Waals surface area contributed by atoms with E-state index in [0.717, 1.165) is 11.1 Å². The van der Waals surface area contributed by atoms with Crippen LogP contribution in [-0.2, 0) is 46.2 Å². The van der Waals surface area contributed by atoms with E-state index in [1.54, 1.807) is 26.0 Å². The van der Waals surface area contributed by atoms with E-state index in [0.29, 0.717) is 0 Å². The number of carbonyl (C=O) groups is 4. The Morgan fingerprint density at radius 3 is 1.44 bits per heavy atom. The maximum Gasteiger partial charge on any atom is 0.408 e. The number of hydrogen-bond acceptors (Lipinski definition) is 11. The van der Waals surface area contributed by atoms with Gasteiger partial charge in [-0.05, 0) is 25.0 Å². The molecule has 0 fully saturated rings. The first kappa shape index (κ1) is 41.7. The van der Waals surface area contributed by atoms with Crippen molar-refractivity contribution >= 4 is 54.7 Å². The molecular weight excluding hydrogens is 631 g/mol. The zero-order valence-electron chi connectivity index (χ0n) is 23.7. The second kappa shape index (κ2) is 27.4. The van der Waals surface area contributed by atoms with Crippen LogP contribution in [0.3, 0.4) is 0 Å². The number of aliphatic hydroxyl groups excluding tert-OH is 1. The van der Waals surface area contributed by atoms with Crippen molar-refractivity contribution in [1.29, 1.82) is 0 Å². The molecule has 2 aromatic carbocycles. The van der Waals surface area contributed by atoms with Gasteiger partial charge in [-0.25, -0.2) is 23.4 Å². The Bertz CT molecular complexity index is 1070. The summed E-state index contributed by atoms with van der Waals surface area (Å²) < 4.78 is 23.7. The van der Waals surface area contributed by atoms with Gasteiger partial charge in [-0.2, -0.15) is 0 Å². The minimum Gasteiger partial charge on any atom is -0.480 e. The van der Waals surface area contributed by atoms with Gasteiger partial charge in [-0.3, -0.25) is 0 Å². The molecule has 0 aliphatic rings. The van der Waals surface area contributed by atoms with Gasteiger partial charge in [0.2, 0.25) is 9.23 Å². The molecule has 0 aliphatic heterocycles. The van der Waals surface area contributed by atoms with E-state index in [4.69, 9.17) is 40.1 Å². The van der Waals surface area contributed by atoms with Crippen LogP contribution in [0, 0.1) is 0 Å². The van der Waals surface area contributed by atoms with Crippen LogP contribution in [0.2, 0.25) is 0 Å². The van der Waals surface area contributed by atoms with E-state index in [-0.39, 0.29) is 39.5 Å². The molecule has 0 aliphatic carbocycles. The van der Waals surface area contributed by atoms with Crippen molar-refractivity contribution in [3.8, 4) is 0 Å². The second-order valence-corrected chi connectivity index (χ2v) is 10.1. The van der Waals surface area contributed by atoms with E-state index in [1.807, 2.05) is 48.5 Å². The van der Waals surface area contributed by atoms with Crippen molar-refractivity contribution in [3.05, 3.63) is 71.8 Å². The molecule has 0 heterocycles. The number of aliphatic carboxylic acids is 1. The first-order valence-corrected chi connectivity index (χ1v) is 15.3. The molecule has 0 saturated heterocycles. The zero-order valence-corrected chi connectivity index (χ0v) is 26.0. The Kier molecular flexibility index (Phi) is 26.5. The predicted molar refractivity (Wildman–Crippen MR) is 162 cm³/mol. The number of nitrogens with one attached hydrogen (secondary N) is 2. The summed E-state index contributed by atoms with van der Waals surface area (Å²) in [6, 6.07) is 16.3. The smallest absolute Gasteiger partial charge is 0.408 e. The van der Waals surface area contributed by atoms with Crippen LogP contribution in [0.15, 0.2) is 60.7 Å². The van der Waals surface area contributed by atoms with Crippen molar-refractivity contribution < 1.29 is 47.8 Å². The van der Waals surface area contributed by atoms with Crippen LogP contribution in [0.5, 0.6) is 0 Å². The highest BCUT2D eigenvalue weighted by atomic mass is 36.0. The topological polar surface area (TPSA) is 230 Å². The number of ether oxygens (including phenoxy) is 3. The van der Waals surface area contributed by atoms with Gasteiger partial charge in [0, 0.05) is 41.1 Å². The maximum absolute atomic E-state index is 11.5. The minimum atomic E-state index is -1.67. The van der Waals surface area contributed by atoms with Crippen molar-refractivity contribution in [2.45, 2.75) is 39.1 Å². The number of halogens is 2. The first-order chi connectivity index (χ1) is 20.4. The van der Waals surface area contributed by atoms with Gasteiger partial charge >= 0.3 is 24.1 Å². The fourth-order valence-corrected chi connectivity index (χ4v) is 2.49. The molecular formula is C26H38Cl2N4O10S. The van der Waals surface area contributed by atoms with Crippen molar-refractivity contribution in [2.75, 3.05) is 26.3 Å². The first-order valence-electron chi connectivity index (χ1n) is 12.5. The highest BCUT2D eigenvalue weighted by molar-refractivity contribution is 8.26. The van der Waals surface area contributed by atoms with E-state index in [1.165, 1.54) is 0 Å². The Balaban J connectivity index is 0. The average Bonchev–Trinajstić information content (AvgIpc) is 2.98. The third kappa shape index (κ3) is 24.8. The van der Waals surface area contributed by atoms with Crippen LogP contribution in [-0.4, -0.2) is 76.9 Å². The molecule has 0 bridgehead atoms. The molecule has 2 atom stereocenters. The molecule has 14 nitrogen and oxygen atoms in total. The Morgan fingerprint density at radius 1 is 0.791 bits per heavy atom. The predicted octanol–water partition coefficient (Wildman–Crippen LogP) is 2.17. The fraction of sp³-hybridized carbons (Fsp3) is 0.385. The van der Waals surface area contributed by atoms with Crippen molar-refractivity contribution in [1.82, 2.24) is 10.6 Å². The number of benzene rings is 2. The summed E-state index contributed by atoms with van der Waals surface area (Å²) in [5, 5.41) is 20.7. The number of nitrogens with two attached hydrogens (primary N) is 2. The van der Waals surface area contributed by atoms with Gasteiger partial charge in [-0.15, -0.1) is 0 Å². The molecule has 242 valence electrons. The molecule has 0 saturated carbocycles. The highest BCUT2D eigenvalue weighted by Gasteiger charge is 2.21. The molecule has 8 N–H and O–H groups in total. The fourth-order valence-electron chi connectivity index (χ4n) is 2.49. The molecule has 0 unspecified atom stereocenters. The summed E-state index contributed by atoms with van der Waals surface area (Å²) in [4.78, 5) is 44.7. The monoisotopic (exact) mass is 668 g/mol. The number of carboxylic acids is 1. The third-order valence-electron chi connectivity index (χ3n) is 4.35. The number of aliphatic hydroxyl groups is 1. The maximum atomic E-state index is 11.5. The number of amides is 2. The zero-order chi connectivity index (χ0) is 33.0. The summed E-state index contributed by atoms with van der Waals surface area (Å²) >= 11 is 0. The van der Waals surface area contributed by atoms with E-state index >= 15 is 0 Å². The number of alkyl carbamates (subject to hydrolysis) is 2. The van der Waals surface area contributed by atoms with Crippen LogP contribution in [0.4, 0.5) is 9.59 Å². The van der Waals surface area contributed by atoms with Gasteiger partial charge in [0.15, 0.2) is 0 Å². The molecule has 0 aromatic heterocycles. The van der Waals surface area contributed by atoms with E-state index in [2.05, 4.69) is 32.0 Å². The van der Waals surface area contributed by atoms with E-state index in [9.17, 15) is 19.2 Å². The van der Waals surface area contributed by atoms with Crippen LogP contribution in [0.1, 0.15) is 25.0 Å². The van der Waals surface area contributed by atoms with Gasteiger partial charge < -0.3 is 46.5 Å². The van der Waals surface area contributed by atoms with E-state index < -0.39 is 45.4 Å². The van der Waals surface area contributed by atoms with Gasteiger partial charge in [0.05, 0.1) is 6.61 Å². The highest BCUT2D eigenvalue weighted by Crippen LogP contribution is 2.02. The minimum absolute atomic E-state index is 0.0424. The Labute approximate surface area is 261 Å². The number of rotatable bonds is 11. The standard InChI is InChI=1S/C13H18N2O4.C11H14N2O4.C2H6O.Cl2OS/c1-2-18-12(16)11(8-14)15-13(17)19-9-10-6-4-3-5-7-10;12-6-9(10(14)15)13-11(16)17-7-8-4-2-1-3-5-8;1-2-3;1-4(2)3/h3-7,11H,2,8-9,14H2,1H3,(H,15,17);1-5,9H,6-7,12H2,(H,13,16)(H,14,15);3H,2H2,1H3;/t11-;9-;;/m00../s1. The second-order valence-electron chi connectivity index (χ2n) is 7.58. The van der Waals surface area contributed by atoms with Gasteiger partial charge in [0.1, 0.15) is 25.3 Å². The lowest BCUT2D eigenvalue weighted by atomic mass is 10.2. The molecule has 2 amide bonds. The van der Waals surface area contributed by atoms with Crippen molar-refractivity contribution in [2.24, 2.45) is 11.5 Å². The summed E-state index contributed by atoms with van der Waals surface area (Å²) in [6.07, 6.45) is -1.50. The Morgan fingerprint density at radius 2 is 1.14 bits per heavy atom. The molecule has 2 rings (SSSR count). The van der Waals surface area contributed by atoms with Crippen LogP contribution in [0.25, 0.3) is 0 Å². The molecule has 43 heavy (non-hydrogen) atoms. The lowest BCUT2D eigenvalue weighted by Gasteiger charge is -2.15. The molecule has 2 aromatic rings.